The summed E-state index contributed by atoms with van der Waals surface area (Å²) in [4.78, 5) is 11.1. The fourth-order valence-electron chi connectivity index (χ4n) is 2.58. The van der Waals surface area contributed by atoms with E-state index in [0.717, 1.165) is 12.8 Å². The first-order chi connectivity index (χ1) is 8.33. The normalized spacial score (nSPS) is 30.2. The molecule has 0 N–H and O–H groups in total. The van der Waals surface area contributed by atoms with Gasteiger partial charge in [-0.25, -0.2) is 4.79 Å². The minimum Gasteiger partial charge on any atom is -0.457 e. The van der Waals surface area contributed by atoms with E-state index in [1.54, 1.807) is 0 Å². The average molecular weight is 240 g/mol. The van der Waals surface area contributed by atoms with Gasteiger partial charge < -0.3 is 9.47 Å². The molecule has 0 saturated carbocycles. The van der Waals surface area contributed by atoms with Crippen LogP contribution in [0.4, 0.5) is 0 Å². The summed E-state index contributed by atoms with van der Waals surface area (Å²) in [6.07, 6.45) is 11.5. The fourth-order valence-corrected chi connectivity index (χ4v) is 2.58. The number of ether oxygens (including phenoxy) is 2. The van der Waals surface area contributed by atoms with Crippen molar-refractivity contribution in [2.24, 2.45) is 0 Å². The number of fused-ring (bicyclic) bond motifs is 1. The standard InChI is InChI=1S/C14H24O3/c1-2-3-4-5-6-7-8-9-10-11-12-13(17-12)14(15)16-11/h11-13H,2-10H2,1H3/t11?,12-,13-/m1/s1. The summed E-state index contributed by atoms with van der Waals surface area (Å²) in [7, 11) is 0. The van der Waals surface area contributed by atoms with Crippen molar-refractivity contribution in [1.82, 2.24) is 0 Å². The van der Waals surface area contributed by atoms with Crippen molar-refractivity contribution in [1.29, 1.82) is 0 Å². The van der Waals surface area contributed by atoms with Crippen molar-refractivity contribution in [2.45, 2.75) is 83.0 Å². The zero-order chi connectivity index (χ0) is 12.1. The summed E-state index contributed by atoms with van der Waals surface area (Å²) in [6, 6.07) is 0. The van der Waals surface area contributed by atoms with E-state index in [-0.39, 0.29) is 24.3 Å². The molecule has 98 valence electrons. The molecule has 0 aliphatic carbocycles. The van der Waals surface area contributed by atoms with Crippen LogP contribution in [0.2, 0.25) is 0 Å². The largest absolute Gasteiger partial charge is 0.457 e. The first-order valence-corrected chi connectivity index (χ1v) is 7.19. The summed E-state index contributed by atoms with van der Waals surface area (Å²) < 4.78 is 10.4. The number of epoxide rings is 1. The predicted octanol–water partition coefficient (Wildman–Crippen LogP) is 3.21. The molecule has 2 saturated heterocycles. The third kappa shape index (κ3) is 3.70. The summed E-state index contributed by atoms with van der Waals surface area (Å²) in [5.74, 6) is -0.139. The van der Waals surface area contributed by atoms with E-state index in [2.05, 4.69) is 6.92 Å². The molecule has 0 aromatic rings. The Bertz CT molecular complexity index is 252. The molecule has 0 aromatic carbocycles. The number of hydrogen-bond donors (Lipinski definition) is 0. The van der Waals surface area contributed by atoms with Crippen molar-refractivity contribution in [3.63, 3.8) is 0 Å². The Balaban J connectivity index is 1.41. The molecule has 1 unspecified atom stereocenters. The predicted molar refractivity (Wildman–Crippen MR) is 65.8 cm³/mol. The van der Waals surface area contributed by atoms with E-state index in [9.17, 15) is 4.79 Å². The molecule has 3 heteroatoms. The summed E-state index contributed by atoms with van der Waals surface area (Å²) >= 11 is 0. The Labute approximate surface area is 104 Å². The van der Waals surface area contributed by atoms with Gasteiger partial charge in [-0.05, 0) is 12.8 Å². The molecule has 3 nitrogen and oxygen atoms in total. The smallest absolute Gasteiger partial charge is 0.338 e. The van der Waals surface area contributed by atoms with Gasteiger partial charge in [-0.1, -0.05) is 51.9 Å². The van der Waals surface area contributed by atoms with E-state index in [1.807, 2.05) is 0 Å². The van der Waals surface area contributed by atoms with Crippen molar-refractivity contribution in [3.8, 4) is 0 Å². The minimum atomic E-state index is -0.200. The number of esters is 1. The van der Waals surface area contributed by atoms with Gasteiger partial charge in [0.2, 0.25) is 0 Å². The van der Waals surface area contributed by atoms with Crippen LogP contribution in [-0.4, -0.2) is 24.3 Å². The zero-order valence-electron chi connectivity index (χ0n) is 10.8. The van der Waals surface area contributed by atoms with Crippen LogP contribution >= 0.6 is 0 Å². The Morgan fingerprint density at radius 1 is 1.00 bits per heavy atom. The van der Waals surface area contributed by atoms with Gasteiger partial charge in [0.05, 0.1) is 0 Å². The maximum atomic E-state index is 11.1. The highest BCUT2D eigenvalue weighted by Gasteiger charge is 2.58. The molecule has 0 spiro atoms. The Hall–Kier alpha value is -0.570. The van der Waals surface area contributed by atoms with Crippen LogP contribution in [0.25, 0.3) is 0 Å². The van der Waals surface area contributed by atoms with E-state index >= 15 is 0 Å². The number of cyclic esters (lactones) is 1. The first kappa shape index (κ1) is 12.9. The number of unbranched alkanes of at least 4 members (excludes halogenated alkanes) is 7. The number of carbonyl (C=O) groups excluding carboxylic acids is 1. The molecule has 3 atom stereocenters. The Kier molecular flexibility index (Phi) is 4.84. The monoisotopic (exact) mass is 240 g/mol. The highest BCUT2D eigenvalue weighted by molar-refractivity contribution is 5.81. The minimum absolute atomic E-state index is 0.0626. The summed E-state index contributed by atoms with van der Waals surface area (Å²) in [5.41, 5.74) is 0. The molecule has 2 aliphatic rings. The number of hydrogen-bond acceptors (Lipinski definition) is 3. The van der Waals surface area contributed by atoms with Crippen LogP contribution < -0.4 is 0 Å². The van der Waals surface area contributed by atoms with Gasteiger partial charge in [0.25, 0.3) is 0 Å². The van der Waals surface area contributed by atoms with Gasteiger partial charge in [-0.2, -0.15) is 0 Å². The average Bonchev–Trinajstić information content (AvgIpc) is 3.05. The van der Waals surface area contributed by atoms with Crippen molar-refractivity contribution >= 4 is 5.97 Å². The van der Waals surface area contributed by atoms with Gasteiger partial charge in [0.15, 0.2) is 6.10 Å². The molecule has 2 heterocycles. The van der Waals surface area contributed by atoms with Crippen molar-refractivity contribution in [2.75, 3.05) is 0 Å². The van der Waals surface area contributed by atoms with Gasteiger partial charge in [0.1, 0.15) is 12.2 Å². The SMILES string of the molecule is CCCCCCCCCCC1OC(=O)[C@@H]2O[C@H]12. The third-order valence-electron chi connectivity index (χ3n) is 3.73. The number of carbonyl (C=O) groups is 1. The molecule has 0 bridgehead atoms. The second-order valence-corrected chi connectivity index (χ2v) is 5.26. The van der Waals surface area contributed by atoms with Gasteiger partial charge in [-0.3, -0.25) is 0 Å². The van der Waals surface area contributed by atoms with Gasteiger partial charge in [0, 0.05) is 0 Å². The lowest BCUT2D eigenvalue weighted by atomic mass is 10.0. The van der Waals surface area contributed by atoms with E-state index in [4.69, 9.17) is 9.47 Å². The van der Waals surface area contributed by atoms with E-state index in [1.165, 1.54) is 44.9 Å². The molecule has 0 aromatic heterocycles. The molecule has 2 fully saturated rings. The van der Waals surface area contributed by atoms with Crippen LogP contribution in [0, 0.1) is 0 Å². The quantitative estimate of drug-likeness (QED) is 0.353. The second kappa shape index (κ2) is 6.39. The molecule has 2 rings (SSSR count). The van der Waals surface area contributed by atoms with E-state index < -0.39 is 0 Å². The topological polar surface area (TPSA) is 38.8 Å². The highest BCUT2D eigenvalue weighted by Crippen LogP contribution is 2.37. The molecule has 2 aliphatic heterocycles. The van der Waals surface area contributed by atoms with Crippen LogP contribution in [0.15, 0.2) is 0 Å². The fraction of sp³-hybridized carbons (Fsp3) is 0.929. The van der Waals surface area contributed by atoms with Crippen LogP contribution in [-0.2, 0) is 14.3 Å². The van der Waals surface area contributed by atoms with Crippen LogP contribution in [0.1, 0.15) is 64.7 Å². The maximum absolute atomic E-state index is 11.1. The molecule has 17 heavy (non-hydrogen) atoms. The Morgan fingerprint density at radius 2 is 1.65 bits per heavy atom. The highest BCUT2D eigenvalue weighted by atomic mass is 16.7. The van der Waals surface area contributed by atoms with E-state index in [0.29, 0.717) is 0 Å². The third-order valence-corrected chi connectivity index (χ3v) is 3.73. The van der Waals surface area contributed by atoms with Crippen molar-refractivity contribution < 1.29 is 14.3 Å². The first-order valence-electron chi connectivity index (χ1n) is 7.19. The molecular formula is C14H24O3. The molecule has 0 radical (unpaired) electrons. The summed E-state index contributed by atoms with van der Waals surface area (Å²) in [5, 5.41) is 0. The lowest BCUT2D eigenvalue weighted by molar-refractivity contribution is -0.149. The lowest BCUT2D eigenvalue weighted by Gasteiger charge is -2.10. The van der Waals surface area contributed by atoms with Gasteiger partial charge >= 0.3 is 5.97 Å². The van der Waals surface area contributed by atoms with Crippen molar-refractivity contribution in [3.05, 3.63) is 0 Å². The van der Waals surface area contributed by atoms with Crippen LogP contribution in [0.3, 0.4) is 0 Å². The number of rotatable bonds is 9. The molecule has 0 amide bonds. The second-order valence-electron chi connectivity index (χ2n) is 5.26. The van der Waals surface area contributed by atoms with Gasteiger partial charge in [-0.15, -0.1) is 0 Å². The Morgan fingerprint density at radius 3 is 2.18 bits per heavy atom. The lowest BCUT2D eigenvalue weighted by Crippen LogP contribution is -2.15. The maximum Gasteiger partial charge on any atom is 0.338 e. The molecular weight excluding hydrogens is 216 g/mol. The summed E-state index contributed by atoms with van der Waals surface area (Å²) in [6.45, 7) is 2.25. The zero-order valence-corrected chi connectivity index (χ0v) is 10.8. The van der Waals surface area contributed by atoms with Crippen LogP contribution in [0.5, 0.6) is 0 Å².